The molecule has 0 amide bonds. The summed E-state index contributed by atoms with van der Waals surface area (Å²) in [6, 6.07) is 0.323. The van der Waals surface area contributed by atoms with Crippen molar-refractivity contribution in [3.63, 3.8) is 0 Å². The van der Waals surface area contributed by atoms with Gasteiger partial charge >= 0.3 is 5.97 Å². The van der Waals surface area contributed by atoms with Crippen LogP contribution in [0.2, 0.25) is 0 Å². The monoisotopic (exact) mass is 144 g/mol. The van der Waals surface area contributed by atoms with Crippen LogP contribution in [-0.4, -0.2) is 18.1 Å². The highest BCUT2D eigenvalue weighted by atomic mass is 16.5. The molecule has 10 heavy (non-hydrogen) atoms. The molecule has 1 fully saturated rings. The molecular formula is C7H14NO2+. The van der Waals surface area contributed by atoms with Crippen molar-refractivity contribution in [3.05, 3.63) is 0 Å². The van der Waals surface area contributed by atoms with Gasteiger partial charge in [0, 0.05) is 13.3 Å². The molecule has 0 aliphatic heterocycles. The second kappa shape index (κ2) is 3.01. The van der Waals surface area contributed by atoms with E-state index in [4.69, 9.17) is 4.74 Å². The summed E-state index contributed by atoms with van der Waals surface area (Å²) in [5, 5.41) is 0. The average molecular weight is 144 g/mol. The number of carbonyl (C=O) groups excluding carboxylic acids is 1. The van der Waals surface area contributed by atoms with Crippen LogP contribution in [0.5, 0.6) is 0 Å². The third kappa shape index (κ3) is 1.70. The lowest BCUT2D eigenvalue weighted by molar-refractivity contribution is -0.431. The molecule has 0 heterocycles. The van der Waals surface area contributed by atoms with Crippen LogP contribution < -0.4 is 5.73 Å². The predicted molar refractivity (Wildman–Crippen MR) is 36.1 cm³/mol. The molecule has 0 spiro atoms. The number of hydrogen-bond donors (Lipinski definition) is 1. The molecule has 0 aromatic heterocycles. The summed E-state index contributed by atoms with van der Waals surface area (Å²) in [5.74, 6) is -0.180. The Morgan fingerprint density at radius 3 is 2.70 bits per heavy atom. The second-order valence-electron chi connectivity index (χ2n) is 2.84. The van der Waals surface area contributed by atoms with E-state index in [-0.39, 0.29) is 12.1 Å². The zero-order valence-corrected chi connectivity index (χ0v) is 6.30. The van der Waals surface area contributed by atoms with Crippen LogP contribution >= 0.6 is 0 Å². The molecule has 58 valence electrons. The molecule has 0 bridgehead atoms. The van der Waals surface area contributed by atoms with Gasteiger partial charge in [-0.25, -0.2) is 0 Å². The maximum absolute atomic E-state index is 10.5. The first-order chi connectivity index (χ1) is 4.70. The number of ether oxygens (including phenoxy) is 1. The van der Waals surface area contributed by atoms with Crippen LogP contribution in [-0.2, 0) is 9.53 Å². The van der Waals surface area contributed by atoms with Crippen molar-refractivity contribution in [2.75, 3.05) is 0 Å². The standard InChI is InChI=1S/C7H13NO2/c1-5(9)10-7-4-2-3-6(7)8/h6-7H,2-4,8H2,1H3/p+1/t6-,7+/m0/s1. The minimum absolute atomic E-state index is 0.0949. The minimum Gasteiger partial charge on any atom is -0.456 e. The fourth-order valence-corrected chi connectivity index (χ4v) is 1.37. The summed E-state index contributed by atoms with van der Waals surface area (Å²) in [6.45, 7) is 1.45. The van der Waals surface area contributed by atoms with Gasteiger partial charge in [-0.3, -0.25) is 4.79 Å². The van der Waals surface area contributed by atoms with Crippen LogP contribution in [0, 0.1) is 0 Å². The van der Waals surface area contributed by atoms with Crippen molar-refractivity contribution in [3.8, 4) is 0 Å². The molecule has 0 unspecified atom stereocenters. The van der Waals surface area contributed by atoms with Gasteiger partial charge in [0.25, 0.3) is 0 Å². The Morgan fingerprint density at radius 1 is 1.60 bits per heavy atom. The summed E-state index contributed by atoms with van der Waals surface area (Å²) in [5.41, 5.74) is 3.89. The van der Waals surface area contributed by atoms with Crippen LogP contribution in [0.15, 0.2) is 0 Å². The molecule has 1 aliphatic carbocycles. The van der Waals surface area contributed by atoms with Gasteiger partial charge in [-0.2, -0.15) is 0 Å². The van der Waals surface area contributed by atoms with E-state index in [0.29, 0.717) is 6.04 Å². The molecule has 3 N–H and O–H groups in total. The molecule has 0 radical (unpaired) electrons. The Bertz CT molecular complexity index is 136. The van der Waals surface area contributed by atoms with E-state index < -0.39 is 0 Å². The van der Waals surface area contributed by atoms with Gasteiger partial charge in [-0.05, 0) is 12.8 Å². The number of quaternary nitrogens is 1. The number of esters is 1. The molecule has 0 aromatic rings. The number of rotatable bonds is 1. The van der Waals surface area contributed by atoms with Crippen LogP contribution in [0.4, 0.5) is 0 Å². The molecule has 0 aromatic carbocycles. The normalized spacial score (nSPS) is 32.2. The minimum atomic E-state index is -0.180. The first-order valence-electron chi connectivity index (χ1n) is 3.70. The molecular weight excluding hydrogens is 130 g/mol. The Labute approximate surface area is 60.5 Å². The lowest BCUT2D eigenvalue weighted by Crippen LogP contribution is -2.64. The quantitative estimate of drug-likeness (QED) is 0.514. The Kier molecular flexibility index (Phi) is 2.27. The highest BCUT2D eigenvalue weighted by Gasteiger charge is 2.29. The van der Waals surface area contributed by atoms with Crippen molar-refractivity contribution in [2.24, 2.45) is 0 Å². The van der Waals surface area contributed by atoms with Gasteiger partial charge in [0.2, 0.25) is 0 Å². The molecule has 2 atom stereocenters. The maximum atomic E-state index is 10.5. The molecule has 1 aliphatic rings. The zero-order chi connectivity index (χ0) is 7.56. The molecule has 3 heteroatoms. The highest BCUT2D eigenvalue weighted by molar-refractivity contribution is 5.66. The summed E-state index contributed by atoms with van der Waals surface area (Å²) >= 11 is 0. The summed E-state index contributed by atoms with van der Waals surface area (Å²) in [7, 11) is 0. The van der Waals surface area contributed by atoms with E-state index >= 15 is 0 Å². The van der Waals surface area contributed by atoms with Crippen molar-refractivity contribution in [1.82, 2.24) is 0 Å². The fourth-order valence-electron chi connectivity index (χ4n) is 1.37. The van der Waals surface area contributed by atoms with Crippen LogP contribution in [0.25, 0.3) is 0 Å². The Balaban J connectivity index is 2.33. The van der Waals surface area contributed by atoms with Gasteiger partial charge in [0.15, 0.2) is 6.10 Å². The summed E-state index contributed by atoms with van der Waals surface area (Å²) in [6.07, 6.45) is 3.33. The van der Waals surface area contributed by atoms with Crippen molar-refractivity contribution >= 4 is 5.97 Å². The molecule has 3 nitrogen and oxygen atoms in total. The van der Waals surface area contributed by atoms with Gasteiger partial charge < -0.3 is 10.5 Å². The van der Waals surface area contributed by atoms with E-state index in [1.54, 1.807) is 0 Å². The topological polar surface area (TPSA) is 53.9 Å². The number of hydrogen-bond acceptors (Lipinski definition) is 2. The SMILES string of the molecule is CC(=O)O[C@@H]1CCC[C@@H]1[NH3+]. The lowest BCUT2D eigenvalue weighted by Gasteiger charge is -2.11. The zero-order valence-electron chi connectivity index (χ0n) is 6.30. The first kappa shape index (κ1) is 7.54. The molecule has 1 rings (SSSR count). The van der Waals surface area contributed by atoms with E-state index in [9.17, 15) is 4.79 Å². The molecule has 1 saturated carbocycles. The lowest BCUT2D eigenvalue weighted by atomic mass is 10.2. The molecule has 0 saturated heterocycles. The van der Waals surface area contributed by atoms with Crippen LogP contribution in [0.3, 0.4) is 0 Å². The van der Waals surface area contributed by atoms with Gasteiger partial charge in [-0.1, -0.05) is 0 Å². The van der Waals surface area contributed by atoms with E-state index in [2.05, 4.69) is 5.73 Å². The Hall–Kier alpha value is -0.570. The van der Waals surface area contributed by atoms with E-state index in [0.717, 1.165) is 19.3 Å². The van der Waals surface area contributed by atoms with Gasteiger partial charge in [-0.15, -0.1) is 0 Å². The first-order valence-corrected chi connectivity index (χ1v) is 3.70. The van der Waals surface area contributed by atoms with Gasteiger partial charge in [0.05, 0.1) is 0 Å². The third-order valence-electron chi connectivity index (χ3n) is 1.91. The number of carbonyl (C=O) groups is 1. The third-order valence-corrected chi connectivity index (χ3v) is 1.91. The highest BCUT2D eigenvalue weighted by Crippen LogP contribution is 2.18. The van der Waals surface area contributed by atoms with E-state index in [1.165, 1.54) is 6.92 Å². The predicted octanol–water partition coefficient (Wildman–Crippen LogP) is -0.287. The second-order valence-corrected chi connectivity index (χ2v) is 2.84. The largest absolute Gasteiger partial charge is 0.456 e. The van der Waals surface area contributed by atoms with Crippen molar-refractivity contribution in [1.29, 1.82) is 0 Å². The van der Waals surface area contributed by atoms with Gasteiger partial charge in [0.1, 0.15) is 6.04 Å². The van der Waals surface area contributed by atoms with Crippen LogP contribution in [0.1, 0.15) is 26.2 Å². The van der Waals surface area contributed by atoms with E-state index in [1.807, 2.05) is 0 Å². The van der Waals surface area contributed by atoms with Crippen molar-refractivity contribution in [2.45, 2.75) is 38.3 Å². The summed E-state index contributed by atoms with van der Waals surface area (Å²) < 4.78 is 5.02. The average Bonchev–Trinajstić information content (AvgIpc) is 2.15. The van der Waals surface area contributed by atoms with Crippen molar-refractivity contribution < 1.29 is 15.3 Å². The Morgan fingerprint density at radius 2 is 2.30 bits per heavy atom. The maximum Gasteiger partial charge on any atom is 0.303 e. The summed E-state index contributed by atoms with van der Waals surface area (Å²) in [4.78, 5) is 10.5. The smallest absolute Gasteiger partial charge is 0.303 e. The fraction of sp³-hybridized carbons (Fsp3) is 0.857.